The van der Waals surface area contributed by atoms with Gasteiger partial charge in [-0.15, -0.1) is 0 Å². The van der Waals surface area contributed by atoms with E-state index in [-0.39, 0.29) is 35.4 Å². The molecule has 0 aliphatic carbocycles. The molecule has 3 aromatic rings. The number of ether oxygens (including phenoxy) is 2. The highest BCUT2D eigenvalue weighted by atomic mass is 35.5. The summed E-state index contributed by atoms with van der Waals surface area (Å²) in [6.45, 7) is 2.02. The number of rotatable bonds is 7. The second-order valence-electron chi connectivity index (χ2n) is 6.74. The second-order valence-corrected chi connectivity index (χ2v) is 7.15. The van der Waals surface area contributed by atoms with Gasteiger partial charge in [0, 0.05) is 17.8 Å². The molecule has 0 saturated carbocycles. The number of halogens is 2. The Kier molecular flexibility index (Phi) is 7.99. The van der Waals surface area contributed by atoms with E-state index in [1.165, 1.54) is 42.5 Å². The van der Waals surface area contributed by atoms with Crippen LogP contribution in [-0.4, -0.2) is 24.6 Å². The third-order valence-electron chi connectivity index (χ3n) is 4.43. The van der Waals surface area contributed by atoms with Crippen LogP contribution in [0.4, 0.5) is 14.9 Å². The minimum Gasteiger partial charge on any atom is -0.434 e. The normalized spacial score (nSPS) is 10.3. The maximum Gasteiger partial charge on any atom is 0.513 e. The molecule has 33 heavy (non-hydrogen) atoms. The van der Waals surface area contributed by atoms with Gasteiger partial charge in [0.15, 0.2) is 0 Å². The molecular weight excluding hydrogens is 451 g/mol. The van der Waals surface area contributed by atoms with Gasteiger partial charge in [0.05, 0.1) is 17.2 Å². The van der Waals surface area contributed by atoms with Crippen molar-refractivity contribution in [2.75, 3.05) is 11.9 Å². The van der Waals surface area contributed by atoms with Crippen molar-refractivity contribution < 1.29 is 28.2 Å². The molecule has 0 radical (unpaired) electrons. The number of nitrogens with one attached hydrogen (secondary N) is 2. The van der Waals surface area contributed by atoms with Crippen LogP contribution in [0, 0.1) is 5.82 Å². The van der Waals surface area contributed by atoms with Crippen LogP contribution in [0.2, 0.25) is 5.02 Å². The average molecular weight is 471 g/mol. The smallest absolute Gasteiger partial charge is 0.434 e. The monoisotopic (exact) mass is 470 g/mol. The summed E-state index contributed by atoms with van der Waals surface area (Å²) in [6.07, 6.45) is -0.817. The lowest BCUT2D eigenvalue weighted by atomic mass is 10.1. The first kappa shape index (κ1) is 23.7. The molecule has 0 aromatic heterocycles. The van der Waals surface area contributed by atoms with E-state index in [1.54, 1.807) is 31.2 Å². The van der Waals surface area contributed by atoms with E-state index < -0.39 is 17.9 Å². The lowest BCUT2D eigenvalue weighted by Crippen LogP contribution is -2.24. The molecule has 2 N–H and O–H groups in total. The Hall–Kier alpha value is -3.91. The van der Waals surface area contributed by atoms with Crippen LogP contribution in [0.25, 0.3) is 0 Å². The lowest BCUT2D eigenvalue weighted by molar-refractivity contribution is 0.0945. The van der Waals surface area contributed by atoms with Gasteiger partial charge >= 0.3 is 6.16 Å². The summed E-state index contributed by atoms with van der Waals surface area (Å²) in [6, 6.07) is 16.8. The van der Waals surface area contributed by atoms with Gasteiger partial charge in [0.25, 0.3) is 11.8 Å². The Morgan fingerprint density at radius 1 is 0.939 bits per heavy atom. The molecule has 3 aromatic carbocycles. The fourth-order valence-electron chi connectivity index (χ4n) is 2.81. The third kappa shape index (κ3) is 6.54. The maximum absolute atomic E-state index is 13.8. The Labute approximate surface area is 194 Å². The van der Waals surface area contributed by atoms with Gasteiger partial charge in [-0.3, -0.25) is 9.59 Å². The summed E-state index contributed by atoms with van der Waals surface area (Å²) in [4.78, 5) is 36.0. The quantitative estimate of drug-likeness (QED) is 0.366. The average Bonchev–Trinajstić information content (AvgIpc) is 2.79. The van der Waals surface area contributed by atoms with Crippen molar-refractivity contribution in [1.82, 2.24) is 5.32 Å². The van der Waals surface area contributed by atoms with E-state index in [9.17, 15) is 18.8 Å². The molecule has 0 fully saturated rings. The Morgan fingerprint density at radius 3 is 2.27 bits per heavy atom. The van der Waals surface area contributed by atoms with Crippen molar-refractivity contribution in [3.05, 3.63) is 94.3 Å². The molecule has 9 heteroatoms. The van der Waals surface area contributed by atoms with E-state index in [1.807, 2.05) is 0 Å². The molecule has 7 nitrogen and oxygen atoms in total. The number of hydrogen-bond acceptors (Lipinski definition) is 5. The highest BCUT2D eigenvalue weighted by Crippen LogP contribution is 2.19. The minimum absolute atomic E-state index is 0.0334. The van der Waals surface area contributed by atoms with Gasteiger partial charge in [0.2, 0.25) is 0 Å². The van der Waals surface area contributed by atoms with Crippen LogP contribution in [0.3, 0.4) is 0 Å². The van der Waals surface area contributed by atoms with Crippen molar-refractivity contribution in [3.8, 4) is 5.75 Å². The van der Waals surface area contributed by atoms with E-state index in [4.69, 9.17) is 16.3 Å². The minimum atomic E-state index is -0.817. The topological polar surface area (TPSA) is 93.7 Å². The molecule has 0 saturated heterocycles. The maximum atomic E-state index is 13.8. The Balaban J connectivity index is 1.54. The summed E-state index contributed by atoms with van der Waals surface area (Å²) in [5, 5.41) is 5.39. The van der Waals surface area contributed by atoms with Gasteiger partial charge in [-0.25, -0.2) is 9.18 Å². The molecular formula is C24H20ClFN2O5. The number of benzene rings is 3. The zero-order valence-electron chi connectivity index (χ0n) is 17.6. The van der Waals surface area contributed by atoms with Gasteiger partial charge in [-0.05, 0) is 61.0 Å². The molecule has 0 aliphatic heterocycles. The molecule has 2 amide bonds. The molecule has 0 atom stereocenters. The van der Waals surface area contributed by atoms with Crippen LogP contribution >= 0.6 is 11.6 Å². The summed E-state index contributed by atoms with van der Waals surface area (Å²) < 4.78 is 23.5. The molecule has 0 unspecified atom stereocenters. The zero-order chi connectivity index (χ0) is 23.8. The molecule has 0 bridgehead atoms. The highest BCUT2D eigenvalue weighted by molar-refractivity contribution is 6.33. The summed E-state index contributed by atoms with van der Waals surface area (Å²) in [7, 11) is 0. The van der Waals surface area contributed by atoms with Crippen LogP contribution in [0.5, 0.6) is 5.75 Å². The SMILES string of the molecule is CCOC(=O)Oc1ccc(C(=O)Nc2ccc(CNC(=O)c3c(F)cccc3Cl)cc2)cc1. The van der Waals surface area contributed by atoms with Gasteiger partial charge in [-0.2, -0.15) is 0 Å². The fraction of sp³-hybridized carbons (Fsp3) is 0.125. The van der Waals surface area contributed by atoms with Gasteiger partial charge < -0.3 is 20.1 Å². The third-order valence-corrected chi connectivity index (χ3v) is 4.75. The van der Waals surface area contributed by atoms with Gasteiger partial charge in [0.1, 0.15) is 11.6 Å². The first-order valence-electron chi connectivity index (χ1n) is 9.94. The van der Waals surface area contributed by atoms with Crippen molar-refractivity contribution in [2.45, 2.75) is 13.5 Å². The first-order valence-corrected chi connectivity index (χ1v) is 10.3. The molecule has 0 heterocycles. The summed E-state index contributed by atoms with van der Waals surface area (Å²) >= 11 is 5.90. The van der Waals surface area contributed by atoms with Crippen molar-refractivity contribution in [1.29, 1.82) is 0 Å². The van der Waals surface area contributed by atoms with Crippen LogP contribution in [0.15, 0.2) is 66.7 Å². The molecule has 3 rings (SSSR count). The Morgan fingerprint density at radius 2 is 1.64 bits per heavy atom. The fourth-order valence-corrected chi connectivity index (χ4v) is 3.06. The number of hydrogen-bond donors (Lipinski definition) is 2. The summed E-state index contributed by atoms with van der Waals surface area (Å²) in [5.74, 6) is -1.41. The van der Waals surface area contributed by atoms with Gasteiger partial charge in [-0.1, -0.05) is 29.8 Å². The number of carbonyl (C=O) groups is 3. The number of amides is 2. The van der Waals surface area contributed by atoms with Crippen molar-refractivity contribution in [2.24, 2.45) is 0 Å². The predicted molar refractivity (Wildman–Crippen MR) is 121 cm³/mol. The molecule has 0 aliphatic rings. The van der Waals surface area contributed by atoms with Crippen LogP contribution in [-0.2, 0) is 11.3 Å². The largest absolute Gasteiger partial charge is 0.513 e. The second kappa shape index (κ2) is 11.1. The number of carbonyl (C=O) groups excluding carboxylic acids is 3. The van der Waals surface area contributed by atoms with Crippen LogP contribution in [0.1, 0.15) is 33.2 Å². The van der Waals surface area contributed by atoms with Crippen LogP contribution < -0.4 is 15.4 Å². The van der Waals surface area contributed by atoms with Crippen molar-refractivity contribution >= 4 is 35.3 Å². The molecule has 0 spiro atoms. The predicted octanol–water partition coefficient (Wildman–Crippen LogP) is 5.20. The van der Waals surface area contributed by atoms with Crippen molar-refractivity contribution in [3.63, 3.8) is 0 Å². The zero-order valence-corrected chi connectivity index (χ0v) is 18.3. The van der Waals surface area contributed by atoms with E-state index in [2.05, 4.69) is 15.4 Å². The Bertz CT molecular complexity index is 1130. The standard InChI is InChI=1S/C24H20ClFN2O5/c1-2-32-24(31)33-18-12-8-16(9-13-18)22(29)28-17-10-6-15(7-11-17)14-27-23(30)21-19(25)4-3-5-20(21)26/h3-13H,2,14H2,1H3,(H,27,30)(H,28,29). The lowest BCUT2D eigenvalue weighted by Gasteiger charge is -2.09. The molecule has 170 valence electrons. The first-order chi connectivity index (χ1) is 15.9. The van der Waals surface area contributed by atoms with E-state index in [0.29, 0.717) is 11.3 Å². The number of anilines is 1. The summed E-state index contributed by atoms with van der Waals surface area (Å²) in [5.41, 5.74) is 1.44. The van der Waals surface area contributed by atoms with E-state index >= 15 is 0 Å². The van der Waals surface area contributed by atoms with E-state index in [0.717, 1.165) is 5.56 Å². The highest BCUT2D eigenvalue weighted by Gasteiger charge is 2.15.